The molecule has 11 heteroatoms. The summed E-state index contributed by atoms with van der Waals surface area (Å²) in [6.45, 7) is 0.418. The Morgan fingerprint density at radius 2 is 1.85 bits per heavy atom. The van der Waals surface area contributed by atoms with Crippen LogP contribution < -0.4 is 14.8 Å². The monoisotopic (exact) mass is 569 g/mol. The van der Waals surface area contributed by atoms with Crippen LogP contribution in [-0.4, -0.2) is 55.9 Å². The number of methoxy groups -OCH3 is 2. The summed E-state index contributed by atoms with van der Waals surface area (Å²) in [4.78, 5) is 32.0. The first kappa shape index (κ1) is 28.2. The van der Waals surface area contributed by atoms with Gasteiger partial charge in [0.15, 0.2) is 11.8 Å². The molecule has 1 fully saturated rings. The van der Waals surface area contributed by atoms with Gasteiger partial charge in [-0.3, -0.25) is 14.5 Å². The quantitative estimate of drug-likeness (QED) is 0.313. The molecule has 3 aromatic rings. The Labute approximate surface area is 234 Å². The highest BCUT2D eigenvalue weighted by molar-refractivity contribution is 8.18. The zero-order valence-corrected chi connectivity index (χ0v) is 22.7. The van der Waals surface area contributed by atoms with Crippen molar-refractivity contribution in [2.24, 2.45) is 4.99 Å². The molecule has 0 bridgehead atoms. The molecule has 8 nitrogen and oxygen atoms in total. The summed E-state index contributed by atoms with van der Waals surface area (Å²) in [6.07, 6.45) is 1.72. The van der Waals surface area contributed by atoms with Gasteiger partial charge in [-0.25, -0.2) is 9.38 Å². The molecule has 0 atom stereocenters. The summed E-state index contributed by atoms with van der Waals surface area (Å²) in [5.41, 5.74) is 1.81. The van der Waals surface area contributed by atoms with Crippen molar-refractivity contribution in [3.63, 3.8) is 0 Å². The number of hydrogen-bond donors (Lipinski definition) is 1. The number of benzene rings is 3. The Bertz CT molecular complexity index is 1400. The normalized spacial score (nSPS) is 15.2. The first-order valence-corrected chi connectivity index (χ1v) is 13.0. The highest BCUT2D eigenvalue weighted by Crippen LogP contribution is 2.35. The maximum atomic E-state index is 13.2. The summed E-state index contributed by atoms with van der Waals surface area (Å²) >= 11 is 7.64. The largest absolute Gasteiger partial charge is 0.497 e. The summed E-state index contributed by atoms with van der Waals surface area (Å²) in [5.74, 6) is 0.00721. The number of ether oxygens (including phenoxy) is 3. The van der Waals surface area contributed by atoms with Crippen LogP contribution in [0.5, 0.6) is 11.5 Å². The number of anilines is 1. The highest BCUT2D eigenvalue weighted by atomic mass is 35.5. The molecule has 4 rings (SSSR count). The molecule has 1 saturated heterocycles. The van der Waals surface area contributed by atoms with Crippen molar-refractivity contribution < 1.29 is 28.2 Å². The molecule has 1 aliphatic heterocycles. The molecule has 0 spiro atoms. The number of nitrogens with zero attached hydrogens (tertiary/aromatic N) is 2. The zero-order valence-electron chi connectivity index (χ0n) is 21.1. The van der Waals surface area contributed by atoms with Gasteiger partial charge in [0.2, 0.25) is 0 Å². The van der Waals surface area contributed by atoms with E-state index in [1.807, 2.05) is 12.1 Å². The zero-order chi connectivity index (χ0) is 27.8. The lowest BCUT2D eigenvalue weighted by molar-refractivity contribution is -0.122. The van der Waals surface area contributed by atoms with E-state index < -0.39 is 11.7 Å². The minimum Gasteiger partial charge on any atom is -0.497 e. The number of nitrogens with one attached hydrogen (secondary N) is 1. The van der Waals surface area contributed by atoms with Crippen molar-refractivity contribution in [2.75, 3.05) is 39.3 Å². The minimum absolute atomic E-state index is 0.196. The van der Waals surface area contributed by atoms with E-state index in [1.54, 1.807) is 55.5 Å². The van der Waals surface area contributed by atoms with Crippen molar-refractivity contribution in [1.29, 1.82) is 0 Å². The van der Waals surface area contributed by atoms with Crippen molar-refractivity contribution in [3.8, 4) is 11.5 Å². The van der Waals surface area contributed by atoms with Gasteiger partial charge in [-0.05, 0) is 84.1 Å². The highest BCUT2D eigenvalue weighted by Gasteiger charge is 2.33. The smallest absolute Gasteiger partial charge is 0.266 e. The second kappa shape index (κ2) is 13.3. The van der Waals surface area contributed by atoms with Gasteiger partial charge in [0.05, 0.1) is 35.9 Å². The average Bonchev–Trinajstić information content (AvgIpc) is 3.21. The van der Waals surface area contributed by atoms with Crippen molar-refractivity contribution in [3.05, 3.63) is 88.0 Å². The van der Waals surface area contributed by atoms with Crippen LogP contribution in [0.3, 0.4) is 0 Å². The Balaban J connectivity index is 1.45. The summed E-state index contributed by atoms with van der Waals surface area (Å²) in [7, 11) is 3.16. The van der Waals surface area contributed by atoms with Crippen LogP contribution in [0.2, 0.25) is 5.02 Å². The van der Waals surface area contributed by atoms with Crippen LogP contribution in [0.15, 0.2) is 76.6 Å². The third-order valence-corrected chi connectivity index (χ3v) is 6.75. The van der Waals surface area contributed by atoms with E-state index in [2.05, 4.69) is 10.3 Å². The van der Waals surface area contributed by atoms with Crippen LogP contribution in [0.25, 0.3) is 6.08 Å². The van der Waals surface area contributed by atoms with Gasteiger partial charge >= 0.3 is 0 Å². The lowest BCUT2D eigenvalue weighted by Gasteiger charge is -2.14. The Morgan fingerprint density at radius 1 is 1.10 bits per heavy atom. The molecule has 39 heavy (non-hydrogen) atoms. The molecule has 3 aromatic carbocycles. The van der Waals surface area contributed by atoms with Gasteiger partial charge in [-0.2, -0.15) is 0 Å². The Morgan fingerprint density at radius 3 is 2.51 bits per heavy atom. The van der Waals surface area contributed by atoms with E-state index in [9.17, 15) is 14.0 Å². The fraction of sp³-hybridized carbons (Fsp3) is 0.179. The Kier molecular flexibility index (Phi) is 9.59. The number of carbonyl (C=O) groups excluding carboxylic acids is 2. The molecule has 2 amide bonds. The lowest BCUT2D eigenvalue weighted by atomic mass is 10.2. The standard InChI is InChI=1S/C28H25ClFN3O5S/c1-36-14-13-33-27(35)25(39-28(33)32-21-8-10-22(37-2)11-9-21)16-18-3-12-24(23(29)15-18)38-17-26(34)31-20-6-4-19(30)5-7-20/h3-12,15-16H,13-14,17H2,1-2H3,(H,31,34)/b25-16-,32-28?. The van der Waals surface area contributed by atoms with E-state index >= 15 is 0 Å². The number of halogens is 2. The maximum absolute atomic E-state index is 13.2. The van der Waals surface area contributed by atoms with Gasteiger partial charge in [0, 0.05) is 12.8 Å². The molecule has 0 radical (unpaired) electrons. The maximum Gasteiger partial charge on any atom is 0.266 e. The molecule has 1 N–H and O–H groups in total. The predicted octanol–water partition coefficient (Wildman–Crippen LogP) is 5.76. The number of amides is 2. The van der Waals surface area contributed by atoms with Crippen LogP contribution in [0.1, 0.15) is 5.56 Å². The second-order valence-electron chi connectivity index (χ2n) is 8.19. The summed E-state index contributed by atoms with van der Waals surface area (Å²) in [6, 6.07) is 17.6. The number of carbonyl (C=O) groups is 2. The minimum atomic E-state index is -0.420. The molecule has 1 aliphatic rings. The van der Waals surface area contributed by atoms with Gasteiger partial charge in [-0.1, -0.05) is 17.7 Å². The molecule has 0 aromatic heterocycles. The van der Waals surface area contributed by atoms with Gasteiger partial charge in [0.25, 0.3) is 11.8 Å². The molecular weight excluding hydrogens is 545 g/mol. The molecule has 0 aliphatic carbocycles. The molecular formula is C28H25ClFN3O5S. The van der Waals surface area contributed by atoms with E-state index in [-0.39, 0.29) is 17.5 Å². The van der Waals surface area contributed by atoms with E-state index in [0.29, 0.717) is 51.7 Å². The van der Waals surface area contributed by atoms with Crippen LogP contribution in [-0.2, 0) is 14.3 Å². The summed E-state index contributed by atoms with van der Waals surface area (Å²) in [5, 5.41) is 3.42. The summed E-state index contributed by atoms with van der Waals surface area (Å²) < 4.78 is 28.9. The number of rotatable bonds is 10. The van der Waals surface area contributed by atoms with Crippen LogP contribution >= 0.6 is 23.4 Å². The molecule has 0 saturated carbocycles. The fourth-order valence-electron chi connectivity index (χ4n) is 3.49. The van der Waals surface area contributed by atoms with E-state index in [4.69, 9.17) is 25.8 Å². The fourth-order valence-corrected chi connectivity index (χ4v) is 4.76. The number of amidine groups is 1. The molecule has 0 unspecified atom stereocenters. The topological polar surface area (TPSA) is 89.5 Å². The number of thioether (sulfide) groups is 1. The third kappa shape index (κ3) is 7.60. The first-order valence-electron chi connectivity index (χ1n) is 11.8. The number of aliphatic imine (C=N–C) groups is 1. The lowest BCUT2D eigenvalue weighted by Crippen LogP contribution is -2.32. The van der Waals surface area contributed by atoms with Gasteiger partial charge in [-0.15, -0.1) is 0 Å². The predicted molar refractivity (Wildman–Crippen MR) is 151 cm³/mol. The van der Waals surface area contributed by atoms with E-state index in [1.165, 1.54) is 36.0 Å². The first-order chi connectivity index (χ1) is 18.9. The third-order valence-electron chi connectivity index (χ3n) is 5.44. The number of hydrogen-bond acceptors (Lipinski definition) is 7. The SMILES string of the molecule is COCCN1C(=O)/C(=C/c2ccc(OCC(=O)Nc3ccc(F)cc3)c(Cl)c2)SC1=Nc1ccc(OC)cc1. The van der Waals surface area contributed by atoms with Crippen LogP contribution in [0, 0.1) is 5.82 Å². The molecule has 1 heterocycles. The van der Waals surface area contributed by atoms with E-state index in [0.717, 1.165) is 0 Å². The molecule has 202 valence electrons. The van der Waals surface area contributed by atoms with Crippen molar-refractivity contribution in [1.82, 2.24) is 4.90 Å². The average molecular weight is 570 g/mol. The van der Waals surface area contributed by atoms with Gasteiger partial charge in [0.1, 0.15) is 17.3 Å². The second-order valence-corrected chi connectivity index (χ2v) is 9.60. The van der Waals surface area contributed by atoms with Crippen molar-refractivity contribution >= 4 is 57.8 Å². The Hall–Kier alpha value is -3.86. The van der Waals surface area contributed by atoms with Crippen molar-refractivity contribution in [2.45, 2.75) is 0 Å². The van der Waals surface area contributed by atoms with Gasteiger partial charge < -0.3 is 19.5 Å². The van der Waals surface area contributed by atoms with Crippen LogP contribution in [0.4, 0.5) is 15.8 Å².